The standard InChI is InChI=1S/C12H16N2O4/c1-3-4-7-18-12-8-10(14(16)17)5-6-11(12)9(2)13-15/h5-6,8,15H,3-4,7H2,1-2H3. The van der Waals surface area contributed by atoms with Crippen LogP contribution in [0.15, 0.2) is 23.4 Å². The normalized spacial score (nSPS) is 11.3. The number of rotatable bonds is 6. The smallest absolute Gasteiger partial charge is 0.273 e. The number of non-ortho nitro benzene ring substituents is 1. The van der Waals surface area contributed by atoms with Gasteiger partial charge >= 0.3 is 0 Å². The highest BCUT2D eigenvalue weighted by Gasteiger charge is 2.14. The van der Waals surface area contributed by atoms with Crippen molar-refractivity contribution in [1.82, 2.24) is 0 Å². The van der Waals surface area contributed by atoms with Crippen molar-refractivity contribution in [2.24, 2.45) is 5.16 Å². The molecule has 0 radical (unpaired) electrons. The SMILES string of the molecule is CCCCOc1cc([N+](=O)[O-])ccc1C(C)=NO. The Morgan fingerprint density at radius 3 is 2.83 bits per heavy atom. The second kappa shape index (κ2) is 6.58. The number of hydrogen-bond acceptors (Lipinski definition) is 5. The van der Waals surface area contributed by atoms with E-state index in [0.717, 1.165) is 12.8 Å². The van der Waals surface area contributed by atoms with Crippen molar-refractivity contribution in [3.63, 3.8) is 0 Å². The van der Waals surface area contributed by atoms with Gasteiger partial charge in [-0.3, -0.25) is 10.1 Å². The van der Waals surface area contributed by atoms with E-state index in [1.54, 1.807) is 6.92 Å². The van der Waals surface area contributed by atoms with Gasteiger partial charge in [0.15, 0.2) is 0 Å². The van der Waals surface area contributed by atoms with E-state index in [4.69, 9.17) is 9.94 Å². The Hall–Kier alpha value is -2.11. The maximum atomic E-state index is 10.7. The first kappa shape index (κ1) is 14.0. The Morgan fingerprint density at radius 1 is 1.56 bits per heavy atom. The minimum Gasteiger partial charge on any atom is -0.493 e. The quantitative estimate of drug-likeness (QED) is 0.277. The Morgan fingerprint density at radius 2 is 2.28 bits per heavy atom. The van der Waals surface area contributed by atoms with Gasteiger partial charge < -0.3 is 9.94 Å². The molecule has 0 aliphatic rings. The van der Waals surface area contributed by atoms with Crippen molar-refractivity contribution in [2.75, 3.05) is 6.61 Å². The van der Waals surface area contributed by atoms with Gasteiger partial charge in [-0.05, 0) is 19.4 Å². The van der Waals surface area contributed by atoms with Crippen molar-refractivity contribution < 1.29 is 14.9 Å². The van der Waals surface area contributed by atoms with Crippen LogP contribution in [0.1, 0.15) is 32.3 Å². The van der Waals surface area contributed by atoms with E-state index in [1.807, 2.05) is 6.92 Å². The zero-order chi connectivity index (χ0) is 13.5. The highest BCUT2D eigenvalue weighted by atomic mass is 16.6. The number of hydrogen-bond donors (Lipinski definition) is 1. The van der Waals surface area contributed by atoms with Gasteiger partial charge in [-0.25, -0.2) is 0 Å². The van der Waals surface area contributed by atoms with Crippen LogP contribution in [0, 0.1) is 10.1 Å². The molecule has 0 unspecified atom stereocenters. The molecule has 0 fully saturated rings. The van der Waals surface area contributed by atoms with E-state index in [1.165, 1.54) is 18.2 Å². The van der Waals surface area contributed by atoms with Crippen LogP contribution in [-0.2, 0) is 0 Å². The van der Waals surface area contributed by atoms with Crippen molar-refractivity contribution in [2.45, 2.75) is 26.7 Å². The minimum absolute atomic E-state index is 0.0454. The number of benzene rings is 1. The average Bonchev–Trinajstić information content (AvgIpc) is 2.38. The summed E-state index contributed by atoms with van der Waals surface area (Å²) in [6.07, 6.45) is 1.83. The monoisotopic (exact) mass is 252 g/mol. The Balaban J connectivity index is 3.06. The molecule has 0 atom stereocenters. The molecule has 6 heteroatoms. The third-order valence-corrected chi connectivity index (χ3v) is 2.47. The predicted molar refractivity (Wildman–Crippen MR) is 67.5 cm³/mol. The molecule has 0 saturated carbocycles. The highest BCUT2D eigenvalue weighted by molar-refractivity contribution is 6.01. The number of nitrogens with zero attached hydrogens (tertiary/aromatic N) is 2. The van der Waals surface area contributed by atoms with Gasteiger partial charge in [-0.15, -0.1) is 0 Å². The zero-order valence-electron chi connectivity index (χ0n) is 10.4. The van der Waals surface area contributed by atoms with Crippen LogP contribution in [0.3, 0.4) is 0 Å². The average molecular weight is 252 g/mol. The summed E-state index contributed by atoms with van der Waals surface area (Å²) < 4.78 is 5.49. The molecule has 1 aromatic carbocycles. The fourth-order valence-corrected chi connectivity index (χ4v) is 1.42. The first-order valence-electron chi connectivity index (χ1n) is 5.70. The van der Waals surface area contributed by atoms with Crippen LogP contribution < -0.4 is 4.74 Å². The van der Waals surface area contributed by atoms with Gasteiger partial charge in [0.25, 0.3) is 5.69 Å². The van der Waals surface area contributed by atoms with E-state index in [-0.39, 0.29) is 5.69 Å². The summed E-state index contributed by atoms with van der Waals surface area (Å²) in [5.74, 6) is 0.368. The molecule has 0 aromatic heterocycles. The predicted octanol–water partition coefficient (Wildman–Crippen LogP) is 2.97. The second-order valence-electron chi connectivity index (χ2n) is 3.82. The Labute approximate surface area is 105 Å². The number of oxime groups is 1. The van der Waals surface area contributed by atoms with Crippen LogP contribution in [0.25, 0.3) is 0 Å². The zero-order valence-corrected chi connectivity index (χ0v) is 10.4. The third-order valence-electron chi connectivity index (χ3n) is 2.47. The first-order valence-corrected chi connectivity index (χ1v) is 5.70. The molecule has 0 heterocycles. The van der Waals surface area contributed by atoms with Gasteiger partial charge in [0, 0.05) is 11.6 Å². The maximum Gasteiger partial charge on any atom is 0.273 e. The van der Waals surface area contributed by atoms with Gasteiger partial charge in [-0.1, -0.05) is 18.5 Å². The number of unbranched alkanes of at least 4 members (excludes halogenated alkanes) is 1. The third kappa shape index (κ3) is 3.44. The molecule has 0 bridgehead atoms. The van der Waals surface area contributed by atoms with Crippen molar-refractivity contribution in [3.8, 4) is 5.75 Å². The van der Waals surface area contributed by atoms with Crippen LogP contribution in [0.4, 0.5) is 5.69 Å². The molecular formula is C12H16N2O4. The molecular weight excluding hydrogens is 236 g/mol. The van der Waals surface area contributed by atoms with Crippen molar-refractivity contribution in [3.05, 3.63) is 33.9 Å². The fourth-order valence-electron chi connectivity index (χ4n) is 1.42. The van der Waals surface area contributed by atoms with Gasteiger partial charge in [0.2, 0.25) is 0 Å². The van der Waals surface area contributed by atoms with Crippen LogP contribution in [-0.4, -0.2) is 22.4 Å². The highest BCUT2D eigenvalue weighted by Crippen LogP contribution is 2.25. The van der Waals surface area contributed by atoms with Gasteiger partial charge in [0.1, 0.15) is 5.75 Å². The molecule has 6 nitrogen and oxygen atoms in total. The second-order valence-corrected chi connectivity index (χ2v) is 3.82. The minimum atomic E-state index is -0.484. The van der Waals surface area contributed by atoms with E-state index < -0.39 is 4.92 Å². The Bertz CT molecular complexity index is 457. The lowest BCUT2D eigenvalue weighted by atomic mass is 10.1. The summed E-state index contributed by atoms with van der Waals surface area (Å²) in [4.78, 5) is 10.2. The molecule has 0 amide bonds. The lowest BCUT2D eigenvalue weighted by Crippen LogP contribution is -2.04. The lowest BCUT2D eigenvalue weighted by Gasteiger charge is -2.10. The van der Waals surface area contributed by atoms with Crippen LogP contribution in [0.2, 0.25) is 0 Å². The number of nitro benzene ring substituents is 1. The Kier molecular flexibility index (Phi) is 5.10. The van der Waals surface area contributed by atoms with E-state index in [2.05, 4.69) is 5.16 Å². The summed E-state index contributed by atoms with van der Waals surface area (Å²) in [5, 5.41) is 22.6. The van der Waals surface area contributed by atoms with Crippen molar-refractivity contribution in [1.29, 1.82) is 0 Å². The maximum absolute atomic E-state index is 10.7. The van der Waals surface area contributed by atoms with Gasteiger partial charge in [0.05, 0.1) is 23.3 Å². The summed E-state index contributed by atoms with van der Waals surface area (Å²) >= 11 is 0. The summed E-state index contributed by atoms with van der Waals surface area (Å²) in [6.45, 7) is 4.11. The first-order chi connectivity index (χ1) is 8.60. The molecule has 1 N–H and O–H groups in total. The fraction of sp³-hybridized carbons (Fsp3) is 0.417. The van der Waals surface area contributed by atoms with Crippen LogP contribution in [0.5, 0.6) is 5.75 Å². The molecule has 0 spiro atoms. The van der Waals surface area contributed by atoms with E-state index in [0.29, 0.717) is 23.6 Å². The molecule has 1 aromatic rings. The summed E-state index contributed by atoms with van der Waals surface area (Å²) in [6, 6.07) is 4.23. The van der Waals surface area contributed by atoms with Crippen LogP contribution >= 0.6 is 0 Å². The number of ether oxygens (including phenoxy) is 1. The lowest BCUT2D eigenvalue weighted by molar-refractivity contribution is -0.384. The molecule has 0 saturated heterocycles. The van der Waals surface area contributed by atoms with Gasteiger partial charge in [-0.2, -0.15) is 0 Å². The molecule has 0 aliphatic carbocycles. The molecule has 98 valence electrons. The largest absolute Gasteiger partial charge is 0.493 e. The number of nitro groups is 1. The van der Waals surface area contributed by atoms with E-state index in [9.17, 15) is 10.1 Å². The summed E-state index contributed by atoms with van der Waals surface area (Å²) in [5.41, 5.74) is 0.867. The topological polar surface area (TPSA) is 85.0 Å². The molecule has 0 aliphatic heterocycles. The van der Waals surface area contributed by atoms with Crippen molar-refractivity contribution >= 4 is 11.4 Å². The van der Waals surface area contributed by atoms with E-state index >= 15 is 0 Å². The molecule has 1 rings (SSSR count). The molecule has 18 heavy (non-hydrogen) atoms. The summed E-state index contributed by atoms with van der Waals surface area (Å²) in [7, 11) is 0.